The molecule has 1 aromatic heterocycles. The first-order valence-electron chi connectivity index (χ1n) is 4.23. The zero-order chi connectivity index (χ0) is 9.26. The van der Waals surface area contributed by atoms with Gasteiger partial charge in [0, 0.05) is 6.92 Å². The van der Waals surface area contributed by atoms with E-state index in [0.29, 0.717) is 11.1 Å². The summed E-state index contributed by atoms with van der Waals surface area (Å²) in [6, 6.07) is 0. The minimum atomic E-state index is -0.141. The Morgan fingerprint density at radius 1 is 1.69 bits per heavy atom. The van der Waals surface area contributed by atoms with Gasteiger partial charge in [0.05, 0.1) is 5.25 Å². The van der Waals surface area contributed by atoms with Crippen molar-refractivity contribution in [2.45, 2.75) is 25.0 Å². The highest BCUT2D eigenvalue weighted by Gasteiger charge is 2.24. The highest BCUT2D eigenvalue weighted by molar-refractivity contribution is 7.99. The number of nitrogens with zero attached hydrogens (tertiary/aromatic N) is 2. The van der Waals surface area contributed by atoms with Crippen molar-refractivity contribution < 1.29 is 9.32 Å². The molecule has 5 heteroatoms. The molecule has 1 aliphatic heterocycles. The summed E-state index contributed by atoms with van der Waals surface area (Å²) in [6.45, 7) is 1.44. The lowest BCUT2D eigenvalue weighted by atomic mass is 10.2. The Labute approximate surface area is 80.1 Å². The van der Waals surface area contributed by atoms with Crippen LogP contribution in [0.1, 0.15) is 41.5 Å². The fraction of sp³-hybridized carbons (Fsp3) is 0.625. The summed E-state index contributed by atoms with van der Waals surface area (Å²) in [6.07, 6.45) is 2.26. The van der Waals surface area contributed by atoms with Crippen molar-refractivity contribution in [3.8, 4) is 0 Å². The molecule has 2 rings (SSSR count). The van der Waals surface area contributed by atoms with Crippen LogP contribution < -0.4 is 0 Å². The van der Waals surface area contributed by atoms with Crippen LogP contribution >= 0.6 is 11.8 Å². The first-order chi connectivity index (χ1) is 6.27. The summed E-state index contributed by atoms with van der Waals surface area (Å²) in [7, 11) is 0. The van der Waals surface area contributed by atoms with E-state index in [4.69, 9.17) is 4.52 Å². The maximum atomic E-state index is 10.9. The number of aromatic nitrogens is 2. The number of ketones is 1. The topological polar surface area (TPSA) is 56.0 Å². The third-order valence-electron chi connectivity index (χ3n) is 1.96. The second-order valence-electron chi connectivity index (χ2n) is 3.01. The maximum Gasteiger partial charge on any atom is 0.240 e. The van der Waals surface area contributed by atoms with Gasteiger partial charge in [-0.15, -0.1) is 11.8 Å². The van der Waals surface area contributed by atoms with Crippen molar-refractivity contribution in [2.75, 3.05) is 5.75 Å². The van der Waals surface area contributed by atoms with E-state index < -0.39 is 0 Å². The fourth-order valence-corrected chi connectivity index (χ4v) is 2.47. The van der Waals surface area contributed by atoms with Crippen LogP contribution in [0.5, 0.6) is 0 Å². The molecule has 1 fully saturated rings. The third kappa shape index (κ3) is 1.75. The molecule has 0 aliphatic carbocycles. The maximum absolute atomic E-state index is 10.9. The summed E-state index contributed by atoms with van der Waals surface area (Å²) >= 11 is 1.81. The van der Waals surface area contributed by atoms with Crippen LogP contribution in [0.15, 0.2) is 4.52 Å². The number of hydrogen-bond donors (Lipinski definition) is 0. The standard InChI is InChI=1S/C8H10N2O2S/c1-5(11)7-9-8(12-10-7)6-3-2-4-13-6/h6H,2-4H2,1H3. The van der Waals surface area contributed by atoms with Gasteiger partial charge in [-0.25, -0.2) is 0 Å². The average Bonchev–Trinajstić information content (AvgIpc) is 2.75. The van der Waals surface area contributed by atoms with Crippen molar-refractivity contribution in [3.63, 3.8) is 0 Å². The number of rotatable bonds is 2. The van der Waals surface area contributed by atoms with E-state index in [9.17, 15) is 4.79 Å². The highest BCUT2D eigenvalue weighted by atomic mass is 32.2. The minimum Gasteiger partial charge on any atom is -0.338 e. The van der Waals surface area contributed by atoms with Crippen molar-refractivity contribution in [3.05, 3.63) is 11.7 Å². The first kappa shape index (κ1) is 8.74. The van der Waals surface area contributed by atoms with Gasteiger partial charge in [-0.2, -0.15) is 4.98 Å². The van der Waals surface area contributed by atoms with Crippen LogP contribution in [0.2, 0.25) is 0 Å². The van der Waals surface area contributed by atoms with Gasteiger partial charge in [0.1, 0.15) is 0 Å². The average molecular weight is 198 g/mol. The lowest BCUT2D eigenvalue weighted by Gasteiger charge is -1.98. The number of carbonyl (C=O) groups excluding carboxylic acids is 1. The van der Waals surface area contributed by atoms with E-state index in [2.05, 4.69) is 10.1 Å². The zero-order valence-electron chi connectivity index (χ0n) is 7.32. The van der Waals surface area contributed by atoms with Crippen LogP contribution in [-0.4, -0.2) is 21.7 Å². The van der Waals surface area contributed by atoms with Crippen molar-refractivity contribution >= 4 is 17.5 Å². The summed E-state index contributed by atoms with van der Waals surface area (Å²) in [4.78, 5) is 14.9. The molecule has 4 nitrogen and oxygen atoms in total. The quantitative estimate of drug-likeness (QED) is 0.679. The smallest absolute Gasteiger partial charge is 0.240 e. The Morgan fingerprint density at radius 3 is 3.08 bits per heavy atom. The van der Waals surface area contributed by atoms with Gasteiger partial charge >= 0.3 is 0 Å². The Morgan fingerprint density at radius 2 is 2.54 bits per heavy atom. The number of Topliss-reactive ketones (excluding diaryl/α,β-unsaturated/α-hetero) is 1. The van der Waals surface area contributed by atoms with Gasteiger partial charge in [-0.1, -0.05) is 5.16 Å². The molecule has 13 heavy (non-hydrogen) atoms. The van der Waals surface area contributed by atoms with E-state index in [0.717, 1.165) is 12.2 Å². The van der Waals surface area contributed by atoms with E-state index in [1.165, 1.54) is 13.3 Å². The lowest BCUT2D eigenvalue weighted by molar-refractivity contribution is 0.100. The summed E-state index contributed by atoms with van der Waals surface area (Å²) in [5, 5.41) is 3.92. The van der Waals surface area contributed by atoms with Crippen molar-refractivity contribution in [1.82, 2.24) is 10.1 Å². The van der Waals surface area contributed by atoms with Crippen molar-refractivity contribution in [1.29, 1.82) is 0 Å². The van der Waals surface area contributed by atoms with E-state index in [1.807, 2.05) is 11.8 Å². The Balaban J connectivity index is 2.16. The molecule has 0 radical (unpaired) electrons. The van der Waals surface area contributed by atoms with Gasteiger partial charge < -0.3 is 4.52 Å². The predicted octanol–water partition coefficient (Wildman–Crippen LogP) is 1.84. The van der Waals surface area contributed by atoms with Crippen LogP contribution in [0, 0.1) is 0 Å². The van der Waals surface area contributed by atoms with Crippen LogP contribution in [0.25, 0.3) is 0 Å². The molecule has 0 N–H and O–H groups in total. The molecule has 0 amide bonds. The summed E-state index contributed by atoms with van der Waals surface area (Å²) < 4.78 is 5.01. The van der Waals surface area contributed by atoms with E-state index in [-0.39, 0.29) is 11.6 Å². The molecule has 1 saturated heterocycles. The second-order valence-corrected chi connectivity index (χ2v) is 4.32. The van der Waals surface area contributed by atoms with Gasteiger partial charge in [-0.3, -0.25) is 4.79 Å². The summed E-state index contributed by atoms with van der Waals surface area (Å²) in [5.41, 5.74) is 0. The monoisotopic (exact) mass is 198 g/mol. The predicted molar refractivity (Wildman–Crippen MR) is 48.7 cm³/mol. The van der Waals surface area contributed by atoms with Gasteiger partial charge in [0.15, 0.2) is 0 Å². The molecule has 2 heterocycles. The Bertz CT molecular complexity index is 318. The van der Waals surface area contributed by atoms with Crippen LogP contribution in [0.4, 0.5) is 0 Å². The molecular weight excluding hydrogens is 188 g/mol. The SMILES string of the molecule is CC(=O)c1noc(C2CCCS2)n1. The van der Waals surface area contributed by atoms with E-state index >= 15 is 0 Å². The molecule has 1 atom stereocenters. The molecule has 0 bridgehead atoms. The lowest BCUT2D eigenvalue weighted by Crippen LogP contribution is -1.95. The molecule has 1 aliphatic rings. The van der Waals surface area contributed by atoms with E-state index in [1.54, 1.807) is 0 Å². The van der Waals surface area contributed by atoms with Gasteiger partial charge in [0.2, 0.25) is 17.5 Å². The fourth-order valence-electron chi connectivity index (χ4n) is 1.28. The molecule has 0 saturated carbocycles. The minimum absolute atomic E-state index is 0.141. The first-order valence-corrected chi connectivity index (χ1v) is 5.28. The zero-order valence-corrected chi connectivity index (χ0v) is 8.13. The normalized spacial score (nSPS) is 22.1. The number of carbonyl (C=O) groups is 1. The molecule has 1 unspecified atom stereocenters. The largest absolute Gasteiger partial charge is 0.338 e. The molecule has 1 aromatic rings. The highest BCUT2D eigenvalue weighted by Crippen LogP contribution is 2.38. The third-order valence-corrected chi connectivity index (χ3v) is 3.33. The number of hydrogen-bond acceptors (Lipinski definition) is 5. The molecule has 70 valence electrons. The van der Waals surface area contributed by atoms with Gasteiger partial charge in [-0.05, 0) is 18.6 Å². The Kier molecular flexibility index (Phi) is 2.35. The van der Waals surface area contributed by atoms with Crippen molar-refractivity contribution in [2.24, 2.45) is 0 Å². The Hall–Kier alpha value is -0.840. The molecule has 0 spiro atoms. The molecule has 0 aromatic carbocycles. The van der Waals surface area contributed by atoms with Gasteiger partial charge in [0.25, 0.3) is 0 Å². The summed E-state index contributed by atoms with van der Waals surface area (Å²) in [5.74, 6) is 1.80. The van der Waals surface area contributed by atoms with Crippen LogP contribution in [-0.2, 0) is 0 Å². The molecular formula is C8H10N2O2S. The second kappa shape index (κ2) is 3.49. The number of thioether (sulfide) groups is 1. The van der Waals surface area contributed by atoms with Crippen LogP contribution in [0.3, 0.4) is 0 Å².